The van der Waals surface area contributed by atoms with Gasteiger partial charge in [-0.05, 0) is 61.1 Å². The number of hydrogen-bond donors (Lipinski definition) is 0. The van der Waals surface area contributed by atoms with Crippen LogP contribution in [-0.4, -0.2) is 37.6 Å². The summed E-state index contributed by atoms with van der Waals surface area (Å²) < 4.78 is 18.0. The van der Waals surface area contributed by atoms with E-state index in [0.29, 0.717) is 0 Å². The van der Waals surface area contributed by atoms with Crippen LogP contribution in [0.2, 0.25) is 0 Å². The third-order valence-electron chi connectivity index (χ3n) is 6.00. The van der Waals surface area contributed by atoms with Crippen molar-refractivity contribution >= 4 is 0 Å². The molecule has 2 saturated heterocycles. The van der Waals surface area contributed by atoms with Crippen LogP contribution in [0.4, 0.5) is 0 Å². The number of benzene rings is 2. The third kappa shape index (κ3) is 4.43. The second kappa shape index (κ2) is 7.75. The van der Waals surface area contributed by atoms with E-state index in [1.54, 1.807) is 0 Å². The molecule has 0 spiro atoms. The van der Waals surface area contributed by atoms with Gasteiger partial charge in [0.15, 0.2) is 0 Å². The summed E-state index contributed by atoms with van der Waals surface area (Å²) in [4.78, 5) is 0. The minimum atomic E-state index is 0.0864. The van der Waals surface area contributed by atoms with E-state index in [2.05, 4.69) is 64.1 Å². The van der Waals surface area contributed by atoms with E-state index in [9.17, 15) is 0 Å². The second-order valence-electron chi connectivity index (χ2n) is 8.11. The van der Waals surface area contributed by atoms with Crippen LogP contribution in [0.25, 0.3) is 0 Å². The Labute approximate surface area is 162 Å². The van der Waals surface area contributed by atoms with E-state index in [-0.39, 0.29) is 24.4 Å². The Morgan fingerprint density at radius 2 is 1.07 bits per heavy atom. The lowest BCUT2D eigenvalue weighted by Crippen LogP contribution is -2.34. The fraction of sp³-hybridized carbons (Fsp3) is 0.500. The lowest BCUT2D eigenvalue weighted by atomic mass is 9.94. The standard InChI is InChI=1S/C24H30O3/c1-15-7-5-8-16(2)19(15)11-21(23-13-25-23)27-22(24-14-26-24)12-20-17(3)9-6-10-18(20)4/h5-10,21-24H,11-14H2,1-4H3. The largest absolute Gasteiger partial charge is 0.370 e. The van der Waals surface area contributed by atoms with Crippen LogP contribution in [0, 0.1) is 27.7 Å². The lowest BCUT2D eigenvalue weighted by molar-refractivity contribution is -0.0371. The molecule has 0 amide bonds. The zero-order valence-electron chi connectivity index (χ0n) is 16.8. The fourth-order valence-corrected chi connectivity index (χ4v) is 4.04. The van der Waals surface area contributed by atoms with Gasteiger partial charge in [0.25, 0.3) is 0 Å². The number of hydrogen-bond acceptors (Lipinski definition) is 3. The van der Waals surface area contributed by atoms with Crippen LogP contribution in [0.15, 0.2) is 36.4 Å². The normalized spacial score (nSPS) is 23.1. The van der Waals surface area contributed by atoms with E-state index in [4.69, 9.17) is 14.2 Å². The van der Waals surface area contributed by atoms with Gasteiger partial charge in [0.05, 0.1) is 25.4 Å². The molecule has 4 unspecified atom stereocenters. The summed E-state index contributed by atoms with van der Waals surface area (Å²) in [5.41, 5.74) is 8.11. The highest BCUT2D eigenvalue weighted by Gasteiger charge is 2.41. The van der Waals surface area contributed by atoms with Gasteiger partial charge in [0.2, 0.25) is 0 Å². The van der Waals surface area contributed by atoms with Crippen LogP contribution in [-0.2, 0) is 27.1 Å². The molecule has 144 valence electrons. The van der Waals surface area contributed by atoms with Gasteiger partial charge in [-0.1, -0.05) is 36.4 Å². The molecule has 2 heterocycles. The fourth-order valence-electron chi connectivity index (χ4n) is 4.04. The zero-order chi connectivity index (χ0) is 19.0. The van der Waals surface area contributed by atoms with Crippen LogP contribution in [0.3, 0.4) is 0 Å². The quantitative estimate of drug-likeness (QED) is 0.655. The van der Waals surface area contributed by atoms with Gasteiger partial charge in [0, 0.05) is 12.8 Å². The summed E-state index contributed by atoms with van der Waals surface area (Å²) in [6, 6.07) is 13.0. The van der Waals surface area contributed by atoms with Gasteiger partial charge >= 0.3 is 0 Å². The molecule has 4 rings (SSSR count). The molecule has 2 fully saturated rings. The second-order valence-corrected chi connectivity index (χ2v) is 8.11. The summed E-state index contributed by atoms with van der Waals surface area (Å²) in [7, 11) is 0. The highest BCUT2D eigenvalue weighted by Crippen LogP contribution is 2.30. The average Bonchev–Trinajstić information content (AvgIpc) is 3.52. The van der Waals surface area contributed by atoms with E-state index in [1.165, 1.54) is 33.4 Å². The average molecular weight is 367 g/mol. The molecule has 0 saturated carbocycles. The molecule has 0 radical (unpaired) electrons. The molecule has 2 aliphatic rings. The molecule has 0 aromatic heterocycles. The zero-order valence-corrected chi connectivity index (χ0v) is 16.8. The Balaban J connectivity index is 1.52. The maximum absolute atomic E-state index is 6.68. The van der Waals surface area contributed by atoms with Crippen LogP contribution in [0.5, 0.6) is 0 Å². The van der Waals surface area contributed by atoms with Crippen molar-refractivity contribution < 1.29 is 14.2 Å². The predicted molar refractivity (Wildman–Crippen MR) is 107 cm³/mol. The molecule has 2 aromatic rings. The summed E-state index contributed by atoms with van der Waals surface area (Å²) in [5.74, 6) is 0. The van der Waals surface area contributed by atoms with Gasteiger partial charge in [-0.25, -0.2) is 0 Å². The summed E-state index contributed by atoms with van der Waals surface area (Å²) >= 11 is 0. The molecular formula is C24H30O3. The first-order chi connectivity index (χ1) is 13.0. The van der Waals surface area contributed by atoms with E-state index in [1.807, 2.05) is 0 Å². The Hall–Kier alpha value is -1.68. The number of epoxide rings is 2. The Morgan fingerprint density at radius 3 is 1.37 bits per heavy atom. The third-order valence-corrected chi connectivity index (χ3v) is 6.00. The van der Waals surface area contributed by atoms with Crippen molar-refractivity contribution in [3.05, 3.63) is 69.8 Å². The summed E-state index contributed by atoms with van der Waals surface area (Å²) in [6.45, 7) is 10.3. The van der Waals surface area contributed by atoms with Crippen molar-refractivity contribution in [3.63, 3.8) is 0 Å². The Bertz CT molecular complexity index is 697. The lowest BCUT2D eigenvalue weighted by Gasteiger charge is -2.25. The molecule has 3 heteroatoms. The minimum Gasteiger partial charge on any atom is -0.370 e. The topological polar surface area (TPSA) is 34.3 Å². The van der Waals surface area contributed by atoms with Gasteiger partial charge in [-0.2, -0.15) is 0 Å². The van der Waals surface area contributed by atoms with E-state index in [0.717, 1.165) is 26.1 Å². The molecule has 4 atom stereocenters. The van der Waals surface area contributed by atoms with Crippen molar-refractivity contribution in [2.75, 3.05) is 13.2 Å². The molecule has 0 aliphatic carbocycles. The predicted octanol–water partition coefficient (Wildman–Crippen LogP) is 4.26. The van der Waals surface area contributed by atoms with Crippen molar-refractivity contribution in [2.24, 2.45) is 0 Å². The van der Waals surface area contributed by atoms with Crippen molar-refractivity contribution in [2.45, 2.75) is 65.0 Å². The van der Waals surface area contributed by atoms with E-state index < -0.39 is 0 Å². The highest BCUT2D eigenvalue weighted by atomic mass is 16.6. The molecule has 0 N–H and O–H groups in total. The smallest absolute Gasteiger partial charge is 0.107 e. The van der Waals surface area contributed by atoms with Crippen molar-refractivity contribution in [3.8, 4) is 0 Å². The molecule has 0 bridgehead atoms. The SMILES string of the molecule is Cc1cccc(C)c1CC(OC(Cc1c(C)cccc1C)C1CO1)C1CO1. The molecule has 2 aliphatic heterocycles. The molecule has 2 aromatic carbocycles. The summed E-state index contributed by atoms with van der Waals surface area (Å²) in [5, 5.41) is 0. The molecule has 3 nitrogen and oxygen atoms in total. The first-order valence-electron chi connectivity index (χ1n) is 10.0. The van der Waals surface area contributed by atoms with Gasteiger partial charge in [-0.15, -0.1) is 0 Å². The van der Waals surface area contributed by atoms with Crippen molar-refractivity contribution in [1.82, 2.24) is 0 Å². The number of rotatable bonds is 8. The maximum Gasteiger partial charge on any atom is 0.107 e. The van der Waals surface area contributed by atoms with Gasteiger partial charge in [-0.3, -0.25) is 0 Å². The molecular weight excluding hydrogens is 336 g/mol. The monoisotopic (exact) mass is 366 g/mol. The van der Waals surface area contributed by atoms with Crippen LogP contribution in [0.1, 0.15) is 33.4 Å². The van der Waals surface area contributed by atoms with E-state index >= 15 is 0 Å². The van der Waals surface area contributed by atoms with Crippen LogP contribution < -0.4 is 0 Å². The van der Waals surface area contributed by atoms with Gasteiger partial charge in [0.1, 0.15) is 12.2 Å². The highest BCUT2D eigenvalue weighted by molar-refractivity contribution is 5.35. The van der Waals surface area contributed by atoms with Gasteiger partial charge < -0.3 is 14.2 Å². The van der Waals surface area contributed by atoms with Crippen molar-refractivity contribution in [1.29, 1.82) is 0 Å². The first kappa shape index (κ1) is 18.7. The Kier molecular flexibility index (Phi) is 5.36. The Morgan fingerprint density at radius 1 is 0.741 bits per heavy atom. The summed E-state index contributed by atoms with van der Waals surface area (Å²) in [6.07, 6.45) is 2.40. The maximum atomic E-state index is 6.68. The minimum absolute atomic E-state index is 0.0864. The number of aryl methyl sites for hydroxylation is 4. The number of ether oxygens (including phenoxy) is 3. The van der Waals surface area contributed by atoms with Crippen LogP contribution >= 0.6 is 0 Å². The first-order valence-corrected chi connectivity index (χ1v) is 10.0. The molecule has 27 heavy (non-hydrogen) atoms.